The van der Waals surface area contributed by atoms with Gasteiger partial charge in [0.2, 0.25) is 0 Å². The molecular formula is C16H14ClNO. The summed E-state index contributed by atoms with van der Waals surface area (Å²) in [6, 6.07) is 15.0. The van der Waals surface area contributed by atoms with Gasteiger partial charge >= 0.3 is 0 Å². The summed E-state index contributed by atoms with van der Waals surface area (Å²) in [5, 5.41) is 9.58. The zero-order chi connectivity index (χ0) is 13.7. The smallest absolute Gasteiger partial charge is 0.146 e. The van der Waals surface area contributed by atoms with Crippen molar-refractivity contribution in [2.75, 3.05) is 0 Å². The van der Waals surface area contributed by atoms with Crippen LogP contribution >= 0.6 is 11.6 Å². The van der Waals surface area contributed by atoms with Gasteiger partial charge in [0.15, 0.2) is 0 Å². The summed E-state index contributed by atoms with van der Waals surface area (Å²) in [5.41, 5.74) is 1.75. The Morgan fingerprint density at radius 1 is 1.16 bits per heavy atom. The molecule has 0 aliphatic heterocycles. The molecule has 2 rings (SSSR count). The van der Waals surface area contributed by atoms with E-state index in [1.807, 2.05) is 24.3 Å². The lowest BCUT2D eigenvalue weighted by Crippen LogP contribution is -1.89. The van der Waals surface area contributed by atoms with Crippen LogP contribution in [0.4, 0.5) is 0 Å². The van der Waals surface area contributed by atoms with Crippen molar-refractivity contribution in [1.82, 2.24) is 0 Å². The van der Waals surface area contributed by atoms with Gasteiger partial charge in [-0.1, -0.05) is 37.1 Å². The first kappa shape index (κ1) is 13.5. The number of nitriles is 1. The molecular weight excluding hydrogens is 258 g/mol. The van der Waals surface area contributed by atoms with Crippen molar-refractivity contribution >= 4 is 11.6 Å². The summed E-state index contributed by atoms with van der Waals surface area (Å²) >= 11 is 5.92. The lowest BCUT2D eigenvalue weighted by Gasteiger charge is -2.08. The summed E-state index contributed by atoms with van der Waals surface area (Å²) in [6.45, 7) is 2.15. The third kappa shape index (κ3) is 3.49. The van der Waals surface area contributed by atoms with Gasteiger partial charge in [-0.05, 0) is 36.2 Å². The van der Waals surface area contributed by atoms with Crippen molar-refractivity contribution < 1.29 is 4.74 Å². The van der Waals surface area contributed by atoms with Gasteiger partial charge in [-0.2, -0.15) is 5.26 Å². The van der Waals surface area contributed by atoms with Crippen LogP contribution in [0.3, 0.4) is 0 Å². The van der Waals surface area contributed by atoms with E-state index in [2.05, 4.69) is 13.0 Å². The lowest BCUT2D eigenvalue weighted by atomic mass is 10.1. The molecule has 0 heterocycles. The summed E-state index contributed by atoms with van der Waals surface area (Å²) in [7, 11) is 0. The number of ether oxygens (including phenoxy) is 1. The molecule has 0 aliphatic rings. The fraction of sp³-hybridized carbons (Fsp3) is 0.188. The van der Waals surface area contributed by atoms with Crippen molar-refractivity contribution in [1.29, 1.82) is 5.26 Å². The van der Waals surface area contributed by atoms with Gasteiger partial charge in [-0.25, -0.2) is 0 Å². The molecule has 0 saturated carbocycles. The molecule has 0 N–H and O–H groups in total. The first-order valence-electron chi connectivity index (χ1n) is 6.19. The van der Waals surface area contributed by atoms with Gasteiger partial charge in [-0.15, -0.1) is 0 Å². The molecule has 0 amide bonds. The van der Waals surface area contributed by atoms with Crippen molar-refractivity contribution in [2.45, 2.75) is 19.8 Å². The van der Waals surface area contributed by atoms with E-state index in [4.69, 9.17) is 21.6 Å². The Kier molecular flexibility index (Phi) is 4.43. The standard InChI is InChI=1S/C16H14ClNO/c1-2-3-12-4-8-15(9-5-12)19-16-10-14(17)7-6-13(16)11-18/h4-10H,2-3H2,1H3. The molecule has 0 aliphatic carbocycles. The van der Waals surface area contributed by atoms with Gasteiger partial charge in [0, 0.05) is 11.1 Å². The Morgan fingerprint density at radius 3 is 2.53 bits per heavy atom. The summed E-state index contributed by atoms with van der Waals surface area (Å²) in [6.07, 6.45) is 2.17. The fourth-order valence-corrected chi connectivity index (χ4v) is 1.97. The van der Waals surface area contributed by atoms with Crippen molar-refractivity contribution in [3.05, 3.63) is 58.6 Å². The third-order valence-electron chi connectivity index (χ3n) is 2.75. The van der Waals surface area contributed by atoms with Crippen LogP contribution in [0.25, 0.3) is 0 Å². The van der Waals surface area contributed by atoms with Crippen molar-refractivity contribution in [3.63, 3.8) is 0 Å². The molecule has 0 unspecified atom stereocenters. The van der Waals surface area contributed by atoms with E-state index in [0.29, 0.717) is 22.1 Å². The molecule has 2 nitrogen and oxygen atoms in total. The normalized spacial score (nSPS) is 9.95. The van der Waals surface area contributed by atoms with Crippen LogP contribution in [-0.2, 0) is 6.42 Å². The van der Waals surface area contributed by atoms with E-state index >= 15 is 0 Å². The second kappa shape index (κ2) is 6.26. The Hall–Kier alpha value is -1.98. The van der Waals surface area contributed by atoms with Crippen molar-refractivity contribution in [2.24, 2.45) is 0 Å². The highest BCUT2D eigenvalue weighted by atomic mass is 35.5. The quantitative estimate of drug-likeness (QED) is 0.788. The maximum atomic E-state index is 9.03. The second-order valence-corrected chi connectivity index (χ2v) is 4.68. The Morgan fingerprint density at radius 2 is 1.89 bits per heavy atom. The van der Waals surface area contributed by atoms with Crippen LogP contribution in [0.15, 0.2) is 42.5 Å². The van der Waals surface area contributed by atoms with E-state index in [-0.39, 0.29) is 0 Å². The second-order valence-electron chi connectivity index (χ2n) is 4.25. The molecule has 96 valence electrons. The van der Waals surface area contributed by atoms with Crippen LogP contribution in [0.2, 0.25) is 5.02 Å². The minimum absolute atomic E-state index is 0.474. The monoisotopic (exact) mass is 271 g/mol. The maximum absolute atomic E-state index is 9.03. The van der Waals surface area contributed by atoms with Gasteiger partial charge in [-0.3, -0.25) is 0 Å². The van der Waals surface area contributed by atoms with Gasteiger partial charge in [0.25, 0.3) is 0 Å². The van der Waals surface area contributed by atoms with E-state index in [9.17, 15) is 0 Å². The SMILES string of the molecule is CCCc1ccc(Oc2cc(Cl)ccc2C#N)cc1. The topological polar surface area (TPSA) is 33.0 Å². The highest BCUT2D eigenvalue weighted by Crippen LogP contribution is 2.28. The fourth-order valence-electron chi connectivity index (χ4n) is 1.81. The molecule has 0 aromatic heterocycles. The number of halogens is 1. The Bertz CT molecular complexity index is 599. The molecule has 0 fully saturated rings. The minimum atomic E-state index is 0.474. The number of aryl methyl sites for hydroxylation is 1. The van der Waals surface area contributed by atoms with Crippen LogP contribution in [-0.4, -0.2) is 0 Å². The largest absolute Gasteiger partial charge is 0.456 e. The van der Waals surface area contributed by atoms with Crippen LogP contribution < -0.4 is 4.74 Å². The molecule has 19 heavy (non-hydrogen) atoms. The average Bonchev–Trinajstić information content (AvgIpc) is 2.42. The molecule has 3 heteroatoms. The zero-order valence-electron chi connectivity index (χ0n) is 10.7. The first-order chi connectivity index (χ1) is 9.22. The van der Waals surface area contributed by atoms with Gasteiger partial charge < -0.3 is 4.74 Å². The van der Waals surface area contributed by atoms with Crippen LogP contribution in [0.1, 0.15) is 24.5 Å². The van der Waals surface area contributed by atoms with E-state index in [1.54, 1.807) is 18.2 Å². The van der Waals surface area contributed by atoms with E-state index < -0.39 is 0 Å². The number of nitrogens with zero attached hydrogens (tertiary/aromatic N) is 1. The molecule has 0 radical (unpaired) electrons. The predicted molar refractivity (Wildman–Crippen MR) is 76.7 cm³/mol. The number of hydrogen-bond acceptors (Lipinski definition) is 2. The molecule has 2 aromatic rings. The Labute approximate surface area is 118 Å². The highest BCUT2D eigenvalue weighted by molar-refractivity contribution is 6.30. The molecule has 0 spiro atoms. The van der Waals surface area contributed by atoms with Gasteiger partial charge in [0.05, 0.1) is 5.56 Å². The third-order valence-corrected chi connectivity index (χ3v) is 2.99. The molecule has 0 saturated heterocycles. The van der Waals surface area contributed by atoms with Crippen LogP contribution in [0.5, 0.6) is 11.5 Å². The Balaban J connectivity index is 2.21. The van der Waals surface area contributed by atoms with Crippen LogP contribution in [0, 0.1) is 11.3 Å². The van der Waals surface area contributed by atoms with Gasteiger partial charge in [0.1, 0.15) is 17.6 Å². The van der Waals surface area contributed by atoms with E-state index in [1.165, 1.54) is 5.56 Å². The first-order valence-corrected chi connectivity index (χ1v) is 6.57. The minimum Gasteiger partial charge on any atom is -0.456 e. The zero-order valence-corrected chi connectivity index (χ0v) is 11.4. The molecule has 0 atom stereocenters. The molecule has 2 aromatic carbocycles. The number of benzene rings is 2. The number of hydrogen-bond donors (Lipinski definition) is 0. The molecule has 0 bridgehead atoms. The summed E-state index contributed by atoms with van der Waals surface area (Å²) in [4.78, 5) is 0. The summed E-state index contributed by atoms with van der Waals surface area (Å²) < 4.78 is 5.71. The lowest BCUT2D eigenvalue weighted by molar-refractivity contribution is 0.481. The predicted octanol–water partition coefficient (Wildman–Crippen LogP) is 4.96. The average molecular weight is 272 g/mol. The highest BCUT2D eigenvalue weighted by Gasteiger charge is 2.05. The maximum Gasteiger partial charge on any atom is 0.146 e. The summed E-state index contributed by atoms with van der Waals surface area (Å²) in [5.74, 6) is 1.19. The number of rotatable bonds is 4. The van der Waals surface area contributed by atoms with Crippen molar-refractivity contribution in [3.8, 4) is 17.6 Å². The van der Waals surface area contributed by atoms with E-state index in [0.717, 1.165) is 12.8 Å².